The Balaban J connectivity index is 1.81. The lowest BCUT2D eigenvalue weighted by molar-refractivity contribution is -0.182. The van der Waals surface area contributed by atoms with Gasteiger partial charge < -0.3 is 30.5 Å². The Morgan fingerprint density at radius 2 is 1.98 bits per heavy atom. The second-order valence-corrected chi connectivity index (χ2v) is 13.1. The summed E-state index contributed by atoms with van der Waals surface area (Å²) in [7, 11) is 0. The highest BCUT2D eigenvalue weighted by Gasteiger charge is 2.58. The van der Waals surface area contributed by atoms with Crippen LogP contribution in [0, 0.1) is 16.5 Å². The molecule has 0 aliphatic carbocycles. The molecule has 0 saturated carbocycles. The molecule has 10 nitrogen and oxygen atoms in total. The van der Waals surface area contributed by atoms with Crippen LogP contribution in [0.2, 0.25) is 5.02 Å². The van der Waals surface area contributed by atoms with E-state index in [0.29, 0.717) is 26.2 Å². The Hall–Kier alpha value is -2.51. The molecule has 2 aliphatic heterocycles. The molecule has 5 N–H and O–H groups in total. The smallest absolute Gasteiger partial charge is 0.337 e. The minimum Gasteiger partial charge on any atom is -0.481 e. The fraction of sp³-hybridized carbons (Fsp3) is 0.607. The molecule has 0 amide bonds. The highest BCUT2D eigenvalue weighted by atomic mass is 35.5. The summed E-state index contributed by atoms with van der Waals surface area (Å²) in [5.74, 6) is -7.24. The molecule has 0 aromatic carbocycles. The number of nitrogens with zero attached hydrogens (tertiary/aromatic N) is 1. The quantitative estimate of drug-likeness (QED) is 0.208. The number of ether oxygens (including phenoxy) is 1. The third-order valence-electron chi connectivity index (χ3n) is 8.41. The van der Waals surface area contributed by atoms with E-state index in [2.05, 4.69) is 10.2 Å². The normalized spacial score (nSPS) is 25.3. The summed E-state index contributed by atoms with van der Waals surface area (Å²) in [6.45, 7) is 9.93. The second kappa shape index (κ2) is 12.4. The van der Waals surface area contributed by atoms with Crippen molar-refractivity contribution in [2.75, 3.05) is 26.3 Å². The zero-order valence-electron chi connectivity index (χ0n) is 23.6. The number of aliphatic hydroxyl groups is 1. The zero-order chi connectivity index (χ0) is 30.8. The van der Waals surface area contributed by atoms with Crippen LogP contribution in [0.15, 0.2) is 30.0 Å². The summed E-state index contributed by atoms with van der Waals surface area (Å²) in [5, 5.41) is 42.2. The van der Waals surface area contributed by atoms with Crippen LogP contribution in [-0.4, -0.2) is 86.2 Å². The summed E-state index contributed by atoms with van der Waals surface area (Å²) in [6, 6.07) is 1.67. The van der Waals surface area contributed by atoms with Gasteiger partial charge in [-0.2, -0.15) is 4.39 Å². The van der Waals surface area contributed by atoms with Gasteiger partial charge in [-0.15, -0.1) is 11.3 Å². The highest BCUT2D eigenvalue weighted by molar-refractivity contribution is 7.10. The summed E-state index contributed by atoms with van der Waals surface area (Å²) in [4.78, 5) is 38.6. The SMILES string of the molecule is CCOCC1(CCc2cc(Cl)c(F)s2)CCN(C(C)(C)C2=CN[C@@](C)(C(C(=O)O)C(O)(CC(=O)O)C(=O)O)C=C2)C1. The molecule has 41 heavy (non-hydrogen) atoms. The predicted octanol–water partition coefficient (Wildman–Crippen LogP) is 3.77. The van der Waals surface area contributed by atoms with E-state index in [1.807, 2.05) is 20.8 Å². The third-order valence-corrected chi connectivity index (χ3v) is 9.78. The maximum atomic E-state index is 13.8. The fourth-order valence-corrected chi connectivity index (χ4v) is 6.93. The average molecular weight is 617 g/mol. The van der Waals surface area contributed by atoms with Crippen molar-refractivity contribution in [1.29, 1.82) is 0 Å². The summed E-state index contributed by atoms with van der Waals surface area (Å²) in [5.41, 5.74) is -4.59. The first-order valence-electron chi connectivity index (χ1n) is 13.3. The van der Waals surface area contributed by atoms with Crippen LogP contribution in [0.25, 0.3) is 0 Å². The molecule has 13 heteroatoms. The molecule has 3 unspecified atom stereocenters. The van der Waals surface area contributed by atoms with Gasteiger partial charge in [-0.3, -0.25) is 14.5 Å². The average Bonchev–Trinajstić information content (AvgIpc) is 3.44. The van der Waals surface area contributed by atoms with Gasteiger partial charge in [-0.1, -0.05) is 23.8 Å². The number of carboxylic acid groups (broad SMARTS) is 3. The lowest BCUT2D eigenvalue weighted by atomic mass is 9.70. The van der Waals surface area contributed by atoms with Gasteiger partial charge in [0.2, 0.25) is 0 Å². The summed E-state index contributed by atoms with van der Waals surface area (Å²) >= 11 is 6.97. The Bertz CT molecular complexity index is 1220. The molecule has 3 rings (SSSR count). The van der Waals surface area contributed by atoms with Crippen molar-refractivity contribution in [1.82, 2.24) is 10.2 Å². The lowest BCUT2D eigenvalue weighted by Gasteiger charge is -2.44. The minimum absolute atomic E-state index is 0.128. The largest absolute Gasteiger partial charge is 0.481 e. The van der Waals surface area contributed by atoms with Crippen LogP contribution in [0.5, 0.6) is 0 Å². The van der Waals surface area contributed by atoms with E-state index in [-0.39, 0.29) is 15.6 Å². The van der Waals surface area contributed by atoms with E-state index in [4.69, 9.17) is 16.3 Å². The van der Waals surface area contributed by atoms with Crippen molar-refractivity contribution in [3.05, 3.63) is 45.0 Å². The Morgan fingerprint density at radius 1 is 1.29 bits per heavy atom. The zero-order valence-corrected chi connectivity index (χ0v) is 25.1. The lowest BCUT2D eigenvalue weighted by Crippen LogP contribution is -2.63. The molecule has 1 aromatic heterocycles. The molecule has 1 fully saturated rings. The molecule has 228 valence electrons. The van der Waals surface area contributed by atoms with E-state index >= 15 is 0 Å². The van der Waals surface area contributed by atoms with Crippen LogP contribution in [0.1, 0.15) is 51.8 Å². The first-order valence-corrected chi connectivity index (χ1v) is 14.5. The standard InChI is InChI=1S/C28H38ClFN2O8S/c1-5-40-16-27(9-7-18-12-19(29)22(30)41-18)10-11-32(15-27)25(2,3)17-6-8-26(4,31-14-17)21(23(35)36)28(39,24(37)38)13-20(33)34/h6,8,12,14,21,31,39H,5,7,9-11,13,15-16H2,1-4H3,(H,33,34)(H,35,36)(H,37,38)/t21?,26-,27?,28?/m1/s1. The van der Waals surface area contributed by atoms with Crippen molar-refractivity contribution < 1.29 is 43.9 Å². The fourth-order valence-electron chi connectivity index (χ4n) is 5.85. The van der Waals surface area contributed by atoms with Gasteiger partial charge in [0.05, 0.1) is 23.6 Å². The van der Waals surface area contributed by atoms with Crippen molar-refractivity contribution in [2.45, 2.75) is 70.1 Å². The summed E-state index contributed by atoms with van der Waals surface area (Å²) < 4.78 is 19.7. The van der Waals surface area contributed by atoms with E-state index in [9.17, 15) is 39.2 Å². The number of thiophene rings is 1. The van der Waals surface area contributed by atoms with Gasteiger partial charge >= 0.3 is 17.9 Å². The Morgan fingerprint density at radius 3 is 2.46 bits per heavy atom. The first kappa shape index (κ1) is 33.0. The predicted molar refractivity (Wildman–Crippen MR) is 152 cm³/mol. The number of halogens is 2. The van der Waals surface area contributed by atoms with E-state index in [1.165, 1.54) is 13.0 Å². The van der Waals surface area contributed by atoms with E-state index in [0.717, 1.165) is 41.2 Å². The van der Waals surface area contributed by atoms with E-state index in [1.54, 1.807) is 18.3 Å². The van der Waals surface area contributed by atoms with Crippen LogP contribution in [-0.2, 0) is 25.5 Å². The van der Waals surface area contributed by atoms with Gasteiger partial charge in [0.25, 0.3) is 0 Å². The molecule has 1 aromatic rings. The van der Waals surface area contributed by atoms with Crippen molar-refractivity contribution >= 4 is 40.8 Å². The second-order valence-electron chi connectivity index (χ2n) is 11.6. The number of hydrogen-bond donors (Lipinski definition) is 5. The molecular weight excluding hydrogens is 579 g/mol. The number of aliphatic carboxylic acids is 3. The number of carboxylic acids is 3. The topological polar surface area (TPSA) is 157 Å². The van der Waals surface area contributed by atoms with Gasteiger partial charge in [0, 0.05) is 35.2 Å². The Labute approximate surface area is 247 Å². The number of nitrogens with one attached hydrogen (secondary N) is 1. The molecule has 1 saturated heterocycles. The highest BCUT2D eigenvalue weighted by Crippen LogP contribution is 2.43. The van der Waals surface area contributed by atoms with Crippen LogP contribution in [0.4, 0.5) is 4.39 Å². The molecular formula is C28H38ClFN2O8S. The van der Waals surface area contributed by atoms with Gasteiger partial charge in [-0.05, 0) is 65.1 Å². The molecule has 4 atom stereocenters. The van der Waals surface area contributed by atoms with Crippen molar-refractivity contribution in [3.8, 4) is 0 Å². The van der Waals surface area contributed by atoms with Crippen LogP contribution < -0.4 is 5.32 Å². The Kier molecular flexibility index (Phi) is 9.97. The molecule has 0 bridgehead atoms. The first-order chi connectivity index (χ1) is 19.0. The minimum atomic E-state index is -3.06. The van der Waals surface area contributed by atoms with Crippen molar-refractivity contribution in [2.24, 2.45) is 11.3 Å². The molecule has 2 aliphatic rings. The van der Waals surface area contributed by atoms with Gasteiger partial charge in [-0.25, -0.2) is 4.79 Å². The number of likely N-dealkylation sites (tertiary alicyclic amines) is 1. The van der Waals surface area contributed by atoms with Crippen molar-refractivity contribution in [3.63, 3.8) is 0 Å². The maximum absolute atomic E-state index is 13.8. The van der Waals surface area contributed by atoms with Gasteiger partial charge in [0.1, 0.15) is 5.92 Å². The maximum Gasteiger partial charge on any atom is 0.337 e. The number of aryl methyl sites for hydroxylation is 1. The monoisotopic (exact) mass is 616 g/mol. The van der Waals surface area contributed by atoms with Crippen LogP contribution >= 0.6 is 22.9 Å². The number of hydrogen-bond acceptors (Lipinski definition) is 8. The summed E-state index contributed by atoms with van der Waals surface area (Å²) in [6.07, 6.45) is 5.76. The van der Waals surface area contributed by atoms with Gasteiger partial charge in [0.15, 0.2) is 10.7 Å². The number of carbonyl (C=O) groups is 3. The molecule has 0 spiro atoms. The molecule has 0 radical (unpaired) electrons. The molecule has 3 heterocycles. The number of dihydropyridines is 1. The third kappa shape index (κ3) is 6.94. The van der Waals surface area contributed by atoms with E-state index < -0.39 is 46.9 Å². The number of rotatable bonds is 14. The van der Waals surface area contributed by atoms with Crippen LogP contribution in [0.3, 0.4) is 0 Å².